The Morgan fingerprint density at radius 1 is 1.15 bits per heavy atom. The molecule has 26 heavy (non-hydrogen) atoms. The number of hydrogen-bond acceptors (Lipinski definition) is 3. The molecular weight excluding hydrogens is 345 g/mol. The van der Waals surface area contributed by atoms with Crippen LogP contribution in [0.25, 0.3) is 22.2 Å². The van der Waals surface area contributed by atoms with Gasteiger partial charge >= 0.3 is 6.18 Å². The lowest BCUT2D eigenvalue weighted by molar-refractivity contribution is -0.184. The number of aryl methyl sites for hydroxylation is 1. The molecule has 0 atom stereocenters. The second-order valence-corrected chi connectivity index (χ2v) is 6.88. The fourth-order valence-corrected chi connectivity index (χ4v) is 3.22. The van der Waals surface area contributed by atoms with E-state index in [9.17, 15) is 18.3 Å². The Bertz CT molecular complexity index is 975. The largest absolute Gasteiger partial charge is 0.416 e. The SMILES string of the molecule is Cc1cc(-c2ccc3ncn(CC4(O)COC4)c3c2)cc(C(F)(F)F)c1. The first-order chi connectivity index (χ1) is 12.2. The third-order valence-corrected chi connectivity index (χ3v) is 4.57. The van der Waals surface area contributed by atoms with Crippen LogP contribution in [-0.4, -0.2) is 33.5 Å². The molecule has 2 heterocycles. The van der Waals surface area contributed by atoms with Gasteiger partial charge in [0, 0.05) is 0 Å². The zero-order chi connectivity index (χ0) is 18.5. The monoisotopic (exact) mass is 362 g/mol. The Kier molecular flexibility index (Phi) is 3.82. The van der Waals surface area contributed by atoms with Crippen LogP contribution in [0.3, 0.4) is 0 Å². The van der Waals surface area contributed by atoms with E-state index in [0.717, 1.165) is 23.2 Å². The Labute approximate surface area is 147 Å². The van der Waals surface area contributed by atoms with Gasteiger partial charge in [0.15, 0.2) is 0 Å². The van der Waals surface area contributed by atoms with Crippen molar-refractivity contribution in [2.45, 2.75) is 25.2 Å². The van der Waals surface area contributed by atoms with Crippen molar-refractivity contribution in [3.05, 3.63) is 53.9 Å². The Balaban J connectivity index is 1.77. The molecule has 4 rings (SSSR count). The average molecular weight is 362 g/mol. The summed E-state index contributed by atoms with van der Waals surface area (Å²) in [6, 6.07) is 9.36. The van der Waals surface area contributed by atoms with E-state index < -0.39 is 17.3 Å². The molecule has 0 amide bonds. The Morgan fingerprint density at radius 2 is 1.92 bits per heavy atom. The number of aromatic nitrogens is 2. The summed E-state index contributed by atoms with van der Waals surface area (Å²) in [5.41, 5.74) is 1.62. The predicted octanol–water partition coefficient (Wildman–Crippen LogP) is 3.79. The van der Waals surface area contributed by atoms with Crippen molar-refractivity contribution < 1.29 is 23.0 Å². The number of rotatable bonds is 3. The number of halogens is 3. The van der Waals surface area contributed by atoms with Crippen molar-refractivity contribution >= 4 is 11.0 Å². The minimum atomic E-state index is -4.39. The van der Waals surface area contributed by atoms with Gasteiger partial charge in [0.1, 0.15) is 5.60 Å². The van der Waals surface area contributed by atoms with Crippen molar-refractivity contribution in [3.8, 4) is 11.1 Å². The van der Waals surface area contributed by atoms with Crippen LogP contribution in [0.15, 0.2) is 42.7 Å². The van der Waals surface area contributed by atoms with E-state index in [1.165, 1.54) is 0 Å². The lowest BCUT2D eigenvalue weighted by Gasteiger charge is -2.36. The summed E-state index contributed by atoms with van der Waals surface area (Å²) in [4.78, 5) is 4.30. The summed E-state index contributed by atoms with van der Waals surface area (Å²) in [6.07, 6.45) is -2.76. The first-order valence-corrected chi connectivity index (χ1v) is 8.18. The number of nitrogens with zero attached hydrogens (tertiary/aromatic N) is 2. The standard InChI is InChI=1S/C19H17F3N2O2/c1-12-4-14(6-15(5-12)19(20,21)22)13-2-3-16-17(7-13)24(11-23-16)8-18(25)9-26-10-18/h2-7,11,25H,8-10H2,1H3. The van der Waals surface area contributed by atoms with Gasteiger partial charge < -0.3 is 14.4 Å². The van der Waals surface area contributed by atoms with Gasteiger partial charge in [-0.15, -0.1) is 0 Å². The number of benzene rings is 2. The van der Waals surface area contributed by atoms with Crippen molar-refractivity contribution in [1.82, 2.24) is 9.55 Å². The molecule has 1 saturated heterocycles. The molecular formula is C19H17F3N2O2. The molecule has 1 aliphatic heterocycles. The first kappa shape index (κ1) is 17.1. The molecule has 1 N–H and O–H groups in total. The van der Waals surface area contributed by atoms with Crippen molar-refractivity contribution in [3.63, 3.8) is 0 Å². The smallest absolute Gasteiger partial charge is 0.383 e. The molecule has 1 aliphatic rings. The predicted molar refractivity (Wildman–Crippen MR) is 90.7 cm³/mol. The zero-order valence-electron chi connectivity index (χ0n) is 14.0. The number of imidazole rings is 1. The average Bonchev–Trinajstić information content (AvgIpc) is 2.94. The van der Waals surface area contributed by atoms with Crippen molar-refractivity contribution in [1.29, 1.82) is 0 Å². The fourth-order valence-electron chi connectivity index (χ4n) is 3.22. The third kappa shape index (κ3) is 3.08. The van der Waals surface area contributed by atoms with Crippen LogP contribution in [0.4, 0.5) is 13.2 Å². The van der Waals surface area contributed by atoms with Gasteiger partial charge in [0.2, 0.25) is 0 Å². The summed E-state index contributed by atoms with van der Waals surface area (Å²) in [7, 11) is 0. The van der Waals surface area contributed by atoms with E-state index in [4.69, 9.17) is 4.74 Å². The van der Waals surface area contributed by atoms with Gasteiger partial charge in [-0.2, -0.15) is 13.2 Å². The van der Waals surface area contributed by atoms with E-state index in [-0.39, 0.29) is 13.2 Å². The molecule has 0 unspecified atom stereocenters. The molecule has 136 valence electrons. The van der Waals surface area contributed by atoms with E-state index in [2.05, 4.69) is 4.98 Å². The molecule has 1 fully saturated rings. The molecule has 0 bridgehead atoms. The Hall–Kier alpha value is -2.38. The molecule has 3 aromatic rings. The summed E-state index contributed by atoms with van der Waals surface area (Å²) in [5, 5.41) is 10.3. The highest BCUT2D eigenvalue weighted by Crippen LogP contribution is 2.34. The van der Waals surface area contributed by atoms with Gasteiger partial charge in [-0.05, 0) is 47.9 Å². The van der Waals surface area contributed by atoms with Gasteiger partial charge in [0.25, 0.3) is 0 Å². The lowest BCUT2D eigenvalue weighted by atomic mass is 9.99. The van der Waals surface area contributed by atoms with Crippen LogP contribution in [0.2, 0.25) is 0 Å². The molecule has 0 spiro atoms. The van der Waals surface area contributed by atoms with Crippen molar-refractivity contribution in [2.75, 3.05) is 13.2 Å². The van der Waals surface area contributed by atoms with Gasteiger partial charge in [0.05, 0.1) is 42.7 Å². The molecule has 0 radical (unpaired) electrons. The van der Waals surface area contributed by atoms with Crippen LogP contribution in [-0.2, 0) is 17.5 Å². The first-order valence-electron chi connectivity index (χ1n) is 8.18. The minimum absolute atomic E-state index is 0.263. The van der Waals surface area contributed by atoms with E-state index in [1.54, 1.807) is 37.5 Å². The highest BCUT2D eigenvalue weighted by Gasteiger charge is 2.36. The summed E-state index contributed by atoms with van der Waals surface area (Å²) in [5.74, 6) is 0. The van der Waals surface area contributed by atoms with Crippen LogP contribution in [0.1, 0.15) is 11.1 Å². The molecule has 2 aromatic carbocycles. The number of ether oxygens (including phenoxy) is 1. The maximum absolute atomic E-state index is 13.1. The number of aliphatic hydroxyl groups is 1. The van der Waals surface area contributed by atoms with E-state index in [1.807, 2.05) is 4.57 Å². The van der Waals surface area contributed by atoms with Gasteiger partial charge in [-0.1, -0.05) is 12.1 Å². The second kappa shape index (κ2) is 5.82. The summed E-state index contributed by atoms with van der Waals surface area (Å²) in [6.45, 7) is 2.50. The fraction of sp³-hybridized carbons (Fsp3) is 0.316. The zero-order valence-corrected chi connectivity index (χ0v) is 14.0. The van der Waals surface area contributed by atoms with Crippen LogP contribution < -0.4 is 0 Å². The molecule has 1 aromatic heterocycles. The maximum atomic E-state index is 13.1. The topological polar surface area (TPSA) is 47.3 Å². The van der Waals surface area contributed by atoms with Gasteiger partial charge in [-0.3, -0.25) is 0 Å². The highest BCUT2D eigenvalue weighted by atomic mass is 19.4. The second-order valence-electron chi connectivity index (χ2n) is 6.88. The third-order valence-electron chi connectivity index (χ3n) is 4.57. The number of alkyl halides is 3. The van der Waals surface area contributed by atoms with Crippen molar-refractivity contribution in [2.24, 2.45) is 0 Å². The lowest BCUT2D eigenvalue weighted by Crippen LogP contribution is -2.52. The van der Waals surface area contributed by atoms with E-state index >= 15 is 0 Å². The molecule has 0 aliphatic carbocycles. The number of hydrogen-bond donors (Lipinski definition) is 1. The van der Waals surface area contributed by atoms with Crippen LogP contribution in [0, 0.1) is 6.92 Å². The van der Waals surface area contributed by atoms with Crippen LogP contribution in [0.5, 0.6) is 0 Å². The molecule has 0 saturated carbocycles. The Morgan fingerprint density at radius 3 is 2.58 bits per heavy atom. The molecule has 4 nitrogen and oxygen atoms in total. The summed E-state index contributed by atoms with van der Waals surface area (Å²) < 4.78 is 46.2. The van der Waals surface area contributed by atoms with E-state index in [0.29, 0.717) is 23.2 Å². The quantitative estimate of drug-likeness (QED) is 0.771. The normalized spacial score (nSPS) is 16.7. The minimum Gasteiger partial charge on any atom is -0.383 e. The maximum Gasteiger partial charge on any atom is 0.416 e. The molecule has 7 heteroatoms. The van der Waals surface area contributed by atoms with Crippen LogP contribution >= 0.6 is 0 Å². The summed E-state index contributed by atoms with van der Waals surface area (Å²) >= 11 is 0. The number of fused-ring (bicyclic) bond motifs is 1. The highest BCUT2D eigenvalue weighted by molar-refractivity contribution is 5.82. The van der Waals surface area contributed by atoms with Gasteiger partial charge in [-0.25, -0.2) is 4.98 Å².